The lowest BCUT2D eigenvalue weighted by molar-refractivity contribution is -0.127. The van der Waals surface area contributed by atoms with Crippen molar-refractivity contribution >= 4 is 35.3 Å². The largest absolute Gasteiger partial charge is 0.454 e. The maximum atomic E-state index is 12.8. The third kappa shape index (κ3) is 5.58. The molecule has 0 spiro atoms. The first-order chi connectivity index (χ1) is 16.6. The topological polar surface area (TPSA) is 42.0 Å². The van der Waals surface area contributed by atoms with E-state index < -0.39 is 0 Å². The quantitative estimate of drug-likeness (QED) is 0.420. The second kappa shape index (κ2) is 10.6. The minimum absolute atomic E-state index is 0.0500. The summed E-state index contributed by atoms with van der Waals surface area (Å²) < 4.78 is 10.9. The van der Waals surface area contributed by atoms with Gasteiger partial charge in [-0.1, -0.05) is 47.6 Å². The van der Waals surface area contributed by atoms with Gasteiger partial charge >= 0.3 is 0 Å². The third-order valence-corrected chi connectivity index (χ3v) is 7.24. The van der Waals surface area contributed by atoms with Gasteiger partial charge in [0.05, 0.1) is 0 Å². The molecule has 7 heteroatoms. The van der Waals surface area contributed by atoms with Gasteiger partial charge in [0, 0.05) is 53.6 Å². The van der Waals surface area contributed by atoms with Crippen molar-refractivity contribution in [3.63, 3.8) is 0 Å². The van der Waals surface area contributed by atoms with E-state index in [0.29, 0.717) is 0 Å². The molecule has 0 N–H and O–H groups in total. The molecule has 2 aliphatic rings. The van der Waals surface area contributed by atoms with Gasteiger partial charge in [-0.15, -0.1) is 0 Å². The molecular weight excluding hydrogens is 468 g/mol. The summed E-state index contributed by atoms with van der Waals surface area (Å²) in [5, 5.41) is 0.721. The van der Waals surface area contributed by atoms with Crippen molar-refractivity contribution in [1.82, 2.24) is 9.80 Å². The number of rotatable bonds is 6. The Hall–Kier alpha value is -2.93. The van der Waals surface area contributed by atoms with Gasteiger partial charge in [0.1, 0.15) is 0 Å². The van der Waals surface area contributed by atoms with Gasteiger partial charge in [0.15, 0.2) is 11.5 Å². The van der Waals surface area contributed by atoms with Crippen molar-refractivity contribution in [3.8, 4) is 11.5 Å². The summed E-state index contributed by atoms with van der Waals surface area (Å²) in [5.74, 6) is 1.67. The third-order valence-electron chi connectivity index (χ3n) is 5.89. The summed E-state index contributed by atoms with van der Waals surface area (Å²) in [6.07, 6.45) is 3.61. The molecule has 0 radical (unpaired) electrons. The van der Waals surface area contributed by atoms with Crippen molar-refractivity contribution in [3.05, 3.63) is 89.0 Å². The van der Waals surface area contributed by atoms with Gasteiger partial charge in [-0.05, 0) is 59.7 Å². The Morgan fingerprint density at radius 1 is 0.941 bits per heavy atom. The predicted octanol–water partition coefficient (Wildman–Crippen LogP) is 5.58. The summed E-state index contributed by atoms with van der Waals surface area (Å²) >= 11 is 7.66. The highest BCUT2D eigenvalue weighted by Gasteiger charge is 2.21. The molecule has 1 saturated heterocycles. The van der Waals surface area contributed by atoms with Crippen molar-refractivity contribution in [2.75, 3.05) is 33.0 Å². The number of hydrogen-bond donors (Lipinski definition) is 0. The van der Waals surface area contributed by atoms with E-state index in [2.05, 4.69) is 17.0 Å². The Bertz CT molecular complexity index is 1190. The first-order valence-corrected chi connectivity index (χ1v) is 12.4. The fraction of sp³-hybridized carbons (Fsp3) is 0.222. The van der Waals surface area contributed by atoms with E-state index in [1.165, 1.54) is 5.56 Å². The van der Waals surface area contributed by atoms with Crippen molar-refractivity contribution in [2.45, 2.75) is 16.3 Å². The molecule has 2 heterocycles. The fourth-order valence-electron chi connectivity index (χ4n) is 4.03. The van der Waals surface area contributed by atoms with Crippen molar-refractivity contribution in [1.29, 1.82) is 0 Å². The van der Waals surface area contributed by atoms with Crippen molar-refractivity contribution < 1.29 is 14.3 Å². The second-order valence-electron chi connectivity index (χ2n) is 8.22. The normalized spacial score (nSPS) is 15.7. The number of carbonyl (C=O) groups excluding carboxylic acids is 1. The molecule has 5 nitrogen and oxygen atoms in total. The van der Waals surface area contributed by atoms with Crippen LogP contribution in [-0.4, -0.2) is 48.7 Å². The monoisotopic (exact) mass is 492 g/mol. The molecule has 0 aliphatic carbocycles. The van der Waals surface area contributed by atoms with Crippen LogP contribution in [0.4, 0.5) is 0 Å². The summed E-state index contributed by atoms with van der Waals surface area (Å²) in [4.78, 5) is 19.3. The van der Waals surface area contributed by atoms with E-state index in [1.807, 2.05) is 65.6 Å². The van der Waals surface area contributed by atoms with Crippen LogP contribution in [-0.2, 0) is 11.3 Å². The standard InChI is InChI=1S/C27H25ClN2O3S/c28-22-7-9-23(10-8-22)34-26-4-2-1-3-21(26)6-12-27(31)30-15-13-29(14-16-30)18-20-5-11-24-25(17-20)33-19-32-24/h1-12,17H,13-16,18-19H2. The van der Waals surface area contributed by atoms with E-state index in [-0.39, 0.29) is 12.7 Å². The Morgan fingerprint density at radius 3 is 2.53 bits per heavy atom. The molecule has 0 atom stereocenters. The Balaban J connectivity index is 1.16. The minimum Gasteiger partial charge on any atom is -0.454 e. The van der Waals surface area contributed by atoms with Gasteiger partial charge in [-0.3, -0.25) is 9.69 Å². The van der Waals surface area contributed by atoms with E-state index >= 15 is 0 Å². The lowest BCUT2D eigenvalue weighted by Gasteiger charge is -2.34. The number of ether oxygens (including phenoxy) is 2. The van der Waals surface area contributed by atoms with Gasteiger partial charge in [-0.2, -0.15) is 0 Å². The lowest BCUT2D eigenvalue weighted by Crippen LogP contribution is -2.47. The minimum atomic E-state index is 0.0500. The molecule has 0 unspecified atom stereocenters. The first kappa shape index (κ1) is 22.8. The Labute approximate surface area is 208 Å². The molecule has 0 saturated carbocycles. The highest BCUT2D eigenvalue weighted by atomic mass is 35.5. The molecule has 1 fully saturated rings. The number of fused-ring (bicyclic) bond motifs is 1. The summed E-state index contributed by atoms with van der Waals surface area (Å²) in [7, 11) is 0. The molecule has 3 aromatic rings. The molecule has 0 bridgehead atoms. The number of nitrogens with zero attached hydrogens (tertiary/aromatic N) is 2. The van der Waals surface area contributed by atoms with Crippen LogP contribution in [0.5, 0.6) is 11.5 Å². The average molecular weight is 493 g/mol. The number of hydrogen-bond acceptors (Lipinski definition) is 5. The number of piperazine rings is 1. The summed E-state index contributed by atoms with van der Waals surface area (Å²) in [5.41, 5.74) is 2.22. The highest BCUT2D eigenvalue weighted by molar-refractivity contribution is 7.99. The van der Waals surface area contributed by atoms with Gasteiger partial charge < -0.3 is 14.4 Å². The highest BCUT2D eigenvalue weighted by Crippen LogP contribution is 2.33. The Morgan fingerprint density at radius 2 is 1.71 bits per heavy atom. The maximum Gasteiger partial charge on any atom is 0.246 e. The van der Waals surface area contributed by atoms with Crippen molar-refractivity contribution in [2.24, 2.45) is 0 Å². The van der Waals surface area contributed by atoms with Crippen LogP contribution in [0.15, 0.2) is 82.6 Å². The molecule has 2 aliphatic heterocycles. The average Bonchev–Trinajstić information content (AvgIpc) is 3.33. The smallest absolute Gasteiger partial charge is 0.246 e. The number of carbonyl (C=O) groups is 1. The first-order valence-electron chi connectivity index (χ1n) is 11.2. The fourth-order valence-corrected chi connectivity index (χ4v) is 5.08. The summed E-state index contributed by atoms with van der Waals surface area (Å²) in [6.45, 7) is 4.25. The molecule has 3 aromatic carbocycles. The molecule has 34 heavy (non-hydrogen) atoms. The van der Waals surface area contributed by atoms with E-state index in [0.717, 1.165) is 64.6 Å². The molecule has 1 amide bonds. The number of benzene rings is 3. The molecule has 5 rings (SSSR count). The van der Waals surface area contributed by atoms with Gasteiger partial charge in [0.2, 0.25) is 12.7 Å². The number of halogens is 1. The summed E-state index contributed by atoms with van der Waals surface area (Å²) in [6, 6.07) is 22.0. The van der Waals surface area contributed by atoms with Gasteiger partial charge in [0.25, 0.3) is 0 Å². The predicted molar refractivity (Wildman–Crippen MR) is 135 cm³/mol. The van der Waals surface area contributed by atoms with Crippen LogP contribution in [0, 0.1) is 0 Å². The second-order valence-corrected chi connectivity index (χ2v) is 9.77. The zero-order chi connectivity index (χ0) is 23.3. The lowest BCUT2D eigenvalue weighted by atomic mass is 10.1. The van der Waals surface area contributed by atoms with E-state index in [9.17, 15) is 4.79 Å². The van der Waals surface area contributed by atoms with E-state index in [1.54, 1.807) is 17.8 Å². The molecule has 0 aromatic heterocycles. The van der Waals surface area contributed by atoms with Crippen LogP contribution >= 0.6 is 23.4 Å². The van der Waals surface area contributed by atoms with Gasteiger partial charge in [-0.25, -0.2) is 0 Å². The zero-order valence-corrected chi connectivity index (χ0v) is 20.2. The van der Waals surface area contributed by atoms with Crippen LogP contribution in [0.1, 0.15) is 11.1 Å². The zero-order valence-electron chi connectivity index (χ0n) is 18.7. The van der Waals surface area contributed by atoms with Crippen LogP contribution in [0.25, 0.3) is 6.08 Å². The SMILES string of the molecule is O=C(C=Cc1ccccc1Sc1ccc(Cl)cc1)N1CCN(Cc2ccc3c(c2)OCO3)CC1. The van der Waals surface area contributed by atoms with Crippen LogP contribution in [0.3, 0.4) is 0 Å². The van der Waals surface area contributed by atoms with Crippen LogP contribution < -0.4 is 9.47 Å². The number of amides is 1. The Kier molecular flexibility index (Phi) is 7.09. The van der Waals surface area contributed by atoms with Crippen LogP contribution in [0.2, 0.25) is 5.02 Å². The van der Waals surface area contributed by atoms with E-state index in [4.69, 9.17) is 21.1 Å². The molecular formula is C27H25ClN2O3S. The maximum absolute atomic E-state index is 12.8. The molecule has 174 valence electrons.